The SMILES string of the molecule is COCCCN1C(=O)C(=O)/C(=C(/O)c2c(OC)cccc2OC)C1c1ccc(OC(C)C)c(OC)c1. The minimum absolute atomic E-state index is 0.0696. The molecule has 1 saturated heterocycles. The predicted octanol–water partition coefficient (Wildman–Crippen LogP) is 3.96. The fourth-order valence-corrected chi connectivity index (χ4v) is 4.26. The summed E-state index contributed by atoms with van der Waals surface area (Å²) in [5.41, 5.74) is 0.698. The standard InChI is InChI=1S/C27H33NO8/c1-16(2)36-18-12-11-17(15-21(18)35-6)24-23(26(30)27(31)28(24)13-8-14-32-3)25(29)22-19(33-4)9-7-10-20(22)34-5/h7,9-12,15-16,24,29H,8,13-14H2,1-6H3/b25-23+. The minimum Gasteiger partial charge on any atom is -0.506 e. The van der Waals surface area contributed by atoms with Gasteiger partial charge in [0.2, 0.25) is 0 Å². The van der Waals surface area contributed by atoms with Crippen LogP contribution >= 0.6 is 0 Å². The van der Waals surface area contributed by atoms with Crippen molar-refractivity contribution in [3.05, 3.63) is 53.1 Å². The highest BCUT2D eigenvalue weighted by Gasteiger charge is 2.46. The molecule has 36 heavy (non-hydrogen) atoms. The van der Waals surface area contributed by atoms with E-state index in [4.69, 9.17) is 23.7 Å². The van der Waals surface area contributed by atoms with Gasteiger partial charge in [0.25, 0.3) is 11.7 Å². The van der Waals surface area contributed by atoms with Crippen molar-refractivity contribution in [3.63, 3.8) is 0 Å². The minimum atomic E-state index is -0.876. The Hall–Kier alpha value is -3.72. The molecule has 0 saturated carbocycles. The normalized spacial score (nSPS) is 17.0. The van der Waals surface area contributed by atoms with Gasteiger partial charge in [-0.2, -0.15) is 0 Å². The summed E-state index contributed by atoms with van der Waals surface area (Å²) in [5, 5.41) is 11.5. The van der Waals surface area contributed by atoms with Crippen molar-refractivity contribution in [1.82, 2.24) is 4.90 Å². The number of hydrogen-bond donors (Lipinski definition) is 1. The van der Waals surface area contributed by atoms with Crippen LogP contribution in [-0.4, -0.2) is 69.4 Å². The van der Waals surface area contributed by atoms with Gasteiger partial charge in [-0.3, -0.25) is 9.59 Å². The summed E-state index contributed by atoms with van der Waals surface area (Å²) in [5.74, 6) is -0.331. The third-order valence-corrected chi connectivity index (χ3v) is 5.82. The third kappa shape index (κ3) is 5.26. The van der Waals surface area contributed by atoms with Crippen molar-refractivity contribution < 1.29 is 38.4 Å². The van der Waals surface area contributed by atoms with Crippen LogP contribution < -0.4 is 18.9 Å². The molecule has 194 valence electrons. The molecule has 2 aromatic rings. The molecule has 1 heterocycles. The van der Waals surface area contributed by atoms with Crippen molar-refractivity contribution in [2.24, 2.45) is 0 Å². The molecule has 1 fully saturated rings. The van der Waals surface area contributed by atoms with Crippen LogP contribution in [0.25, 0.3) is 5.76 Å². The van der Waals surface area contributed by atoms with Crippen molar-refractivity contribution in [2.75, 3.05) is 41.6 Å². The lowest BCUT2D eigenvalue weighted by Gasteiger charge is -2.26. The fourth-order valence-electron chi connectivity index (χ4n) is 4.26. The third-order valence-electron chi connectivity index (χ3n) is 5.82. The van der Waals surface area contributed by atoms with Gasteiger partial charge < -0.3 is 33.7 Å². The molecule has 0 aliphatic carbocycles. The summed E-state index contributed by atoms with van der Waals surface area (Å²) < 4.78 is 27.4. The van der Waals surface area contributed by atoms with Crippen LogP contribution in [0, 0.1) is 0 Å². The van der Waals surface area contributed by atoms with E-state index in [0.29, 0.717) is 41.6 Å². The van der Waals surface area contributed by atoms with Gasteiger partial charge >= 0.3 is 0 Å². The van der Waals surface area contributed by atoms with Crippen LogP contribution in [0.2, 0.25) is 0 Å². The van der Waals surface area contributed by atoms with E-state index < -0.39 is 17.7 Å². The zero-order chi connectivity index (χ0) is 26.4. The number of hydrogen-bond acceptors (Lipinski definition) is 8. The second kappa shape index (κ2) is 11.8. The number of likely N-dealkylation sites (tertiary alicyclic amines) is 1. The van der Waals surface area contributed by atoms with E-state index in [0.717, 1.165) is 0 Å². The molecule has 0 spiro atoms. The molecule has 3 rings (SSSR count). The smallest absolute Gasteiger partial charge is 0.295 e. The second-order valence-electron chi connectivity index (χ2n) is 8.45. The lowest BCUT2D eigenvalue weighted by Crippen LogP contribution is -2.31. The maximum absolute atomic E-state index is 13.3. The van der Waals surface area contributed by atoms with Crippen LogP contribution in [0.15, 0.2) is 42.0 Å². The van der Waals surface area contributed by atoms with Crippen molar-refractivity contribution in [3.8, 4) is 23.0 Å². The zero-order valence-electron chi connectivity index (χ0n) is 21.5. The first-order chi connectivity index (χ1) is 17.3. The molecule has 0 bridgehead atoms. The number of carbonyl (C=O) groups is 2. The molecule has 9 nitrogen and oxygen atoms in total. The summed E-state index contributed by atoms with van der Waals surface area (Å²) in [6, 6.07) is 9.31. The largest absolute Gasteiger partial charge is 0.506 e. The van der Waals surface area contributed by atoms with E-state index in [2.05, 4.69) is 0 Å². The van der Waals surface area contributed by atoms with E-state index in [1.807, 2.05) is 13.8 Å². The average Bonchev–Trinajstić information content (AvgIpc) is 3.12. The molecular weight excluding hydrogens is 466 g/mol. The number of carbonyl (C=O) groups excluding carboxylic acids is 2. The number of Topliss-reactive ketones (excluding diaryl/α,β-unsaturated/α-hetero) is 1. The lowest BCUT2D eigenvalue weighted by molar-refractivity contribution is -0.140. The Morgan fingerprint density at radius 1 is 0.944 bits per heavy atom. The molecule has 1 amide bonds. The summed E-state index contributed by atoms with van der Waals surface area (Å²) in [7, 11) is 5.98. The number of amides is 1. The van der Waals surface area contributed by atoms with Crippen molar-refractivity contribution in [2.45, 2.75) is 32.4 Å². The Bertz CT molecular complexity index is 1120. The fraction of sp³-hybridized carbons (Fsp3) is 0.407. The van der Waals surface area contributed by atoms with E-state index >= 15 is 0 Å². The first-order valence-electron chi connectivity index (χ1n) is 11.6. The van der Waals surface area contributed by atoms with Gasteiger partial charge in [0.1, 0.15) is 22.8 Å². The Labute approximate surface area is 211 Å². The Morgan fingerprint density at radius 2 is 1.58 bits per heavy atom. The van der Waals surface area contributed by atoms with Crippen LogP contribution in [0.4, 0.5) is 0 Å². The molecule has 0 aromatic heterocycles. The number of ketones is 1. The van der Waals surface area contributed by atoms with E-state index in [-0.39, 0.29) is 29.5 Å². The maximum atomic E-state index is 13.3. The molecule has 1 unspecified atom stereocenters. The number of nitrogens with zero attached hydrogens (tertiary/aromatic N) is 1. The molecular formula is C27H33NO8. The average molecular weight is 500 g/mol. The monoisotopic (exact) mass is 499 g/mol. The van der Waals surface area contributed by atoms with Crippen molar-refractivity contribution in [1.29, 1.82) is 0 Å². The zero-order valence-corrected chi connectivity index (χ0v) is 21.5. The lowest BCUT2D eigenvalue weighted by atomic mass is 9.94. The van der Waals surface area contributed by atoms with E-state index in [1.165, 1.54) is 26.2 Å². The van der Waals surface area contributed by atoms with E-state index in [9.17, 15) is 14.7 Å². The number of aliphatic hydroxyl groups excluding tert-OH is 1. The predicted molar refractivity (Wildman–Crippen MR) is 134 cm³/mol. The van der Waals surface area contributed by atoms with Gasteiger partial charge in [0.15, 0.2) is 11.5 Å². The molecule has 1 N–H and O–H groups in total. The molecule has 2 aromatic carbocycles. The topological polar surface area (TPSA) is 104 Å². The first kappa shape index (κ1) is 26.9. The van der Waals surface area contributed by atoms with Crippen molar-refractivity contribution >= 4 is 17.4 Å². The van der Waals surface area contributed by atoms with Crippen LogP contribution in [-0.2, 0) is 14.3 Å². The number of benzene rings is 2. The molecule has 1 atom stereocenters. The Balaban J connectivity index is 2.24. The van der Waals surface area contributed by atoms with Gasteiger partial charge in [0.05, 0.1) is 39.0 Å². The second-order valence-corrected chi connectivity index (χ2v) is 8.45. The van der Waals surface area contributed by atoms with Crippen LogP contribution in [0.1, 0.15) is 37.4 Å². The van der Waals surface area contributed by atoms with Gasteiger partial charge in [-0.05, 0) is 50.1 Å². The van der Waals surface area contributed by atoms with Gasteiger partial charge in [-0.15, -0.1) is 0 Å². The highest BCUT2D eigenvalue weighted by atomic mass is 16.5. The molecule has 9 heteroatoms. The van der Waals surface area contributed by atoms with Gasteiger partial charge in [-0.25, -0.2) is 0 Å². The number of rotatable bonds is 11. The highest BCUT2D eigenvalue weighted by molar-refractivity contribution is 6.46. The number of methoxy groups -OCH3 is 4. The number of aliphatic hydroxyl groups is 1. The van der Waals surface area contributed by atoms with Gasteiger partial charge in [0, 0.05) is 20.3 Å². The quantitative estimate of drug-likeness (QED) is 0.215. The van der Waals surface area contributed by atoms with Crippen LogP contribution in [0.3, 0.4) is 0 Å². The van der Waals surface area contributed by atoms with Gasteiger partial charge in [-0.1, -0.05) is 12.1 Å². The summed E-state index contributed by atoms with van der Waals surface area (Å²) in [6.07, 6.45) is 0.423. The first-order valence-corrected chi connectivity index (χ1v) is 11.6. The molecule has 1 aliphatic heterocycles. The molecule has 1 aliphatic rings. The highest BCUT2D eigenvalue weighted by Crippen LogP contribution is 2.45. The van der Waals surface area contributed by atoms with Crippen LogP contribution in [0.5, 0.6) is 23.0 Å². The maximum Gasteiger partial charge on any atom is 0.295 e. The summed E-state index contributed by atoms with van der Waals surface area (Å²) >= 11 is 0. The molecule has 0 radical (unpaired) electrons. The Morgan fingerprint density at radius 3 is 2.14 bits per heavy atom. The summed E-state index contributed by atoms with van der Waals surface area (Å²) in [4.78, 5) is 27.9. The Kier molecular flexibility index (Phi) is 8.82. The number of ether oxygens (including phenoxy) is 5. The van der Waals surface area contributed by atoms with E-state index in [1.54, 1.807) is 43.5 Å². The summed E-state index contributed by atoms with van der Waals surface area (Å²) in [6.45, 7) is 4.45.